The van der Waals surface area contributed by atoms with Gasteiger partial charge < -0.3 is 10.2 Å². The summed E-state index contributed by atoms with van der Waals surface area (Å²) in [6.07, 6.45) is 4.59. The summed E-state index contributed by atoms with van der Waals surface area (Å²) in [6, 6.07) is 2.41. The number of hydrogen-bond acceptors (Lipinski definition) is 6. The van der Waals surface area contributed by atoms with Crippen LogP contribution in [0.2, 0.25) is 0 Å². The Morgan fingerprint density at radius 2 is 2.21 bits per heavy atom. The van der Waals surface area contributed by atoms with Crippen molar-refractivity contribution in [2.45, 2.75) is 37.3 Å². The van der Waals surface area contributed by atoms with E-state index >= 15 is 0 Å². The number of rotatable bonds is 7. The lowest BCUT2D eigenvalue weighted by Gasteiger charge is -2.16. The molecule has 0 aliphatic heterocycles. The highest BCUT2D eigenvalue weighted by atomic mass is 32.2. The average Bonchev–Trinajstić information content (AvgIpc) is 3.26. The van der Waals surface area contributed by atoms with Crippen LogP contribution in [0.25, 0.3) is 10.2 Å². The summed E-state index contributed by atoms with van der Waals surface area (Å²) < 4.78 is 0. The predicted octanol–water partition coefficient (Wildman–Crippen LogP) is 2.08. The number of nitrogens with one attached hydrogen (secondary N) is 1. The fourth-order valence-electron chi connectivity index (χ4n) is 2.22. The van der Waals surface area contributed by atoms with Gasteiger partial charge in [-0.1, -0.05) is 18.7 Å². The predicted molar refractivity (Wildman–Crippen MR) is 96.3 cm³/mol. The van der Waals surface area contributed by atoms with Gasteiger partial charge in [0, 0.05) is 23.4 Å². The molecule has 1 fully saturated rings. The second-order valence-electron chi connectivity index (χ2n) is 5.84. The molecule has 2 aromatic heterocycles. The molecular formula is C16H20N4O2S2. The van der Waals surface area contributed by atoms with Gasteiger partial charge in [-0.05, 0) is 25.3 Å². The van der Waals surface area contributed by atoms with Crippen molar-refractivity contribution >= 4 is 45.1 Å². The molecule has 128 valence electrons. The molecule has 2 heterocycles. The quantitative estimate of drug-likeness (QED) is 0.601. The Morgan fingerprint density at radius 3 is 2.92 bits per heavy atom. The fourth-order valence-corrected chi connectivity index (χ4v) is 4.13. The largest absolute Gasteiger partial charge is 0.352 e. The highest BCUT2D eigenvalue weighted by molar-refractivity contribution is 8.00. The number of amides is 2. The lowest BCUT2D eigenvalue weighted by atomic mass is 10.3. The lowest BCUT2D eigenvalue weighted by molar-refractivity contribution is -0.132. The Morgan fingerprint density at radius 1 is 1.42 bits per heavy atom. The molecule has 1 saturated carbocycles. The van der Waals surface area contributed by atoms with E-state index in [1.54, 1.807) is 18.4 Å². The van der Waals surface area contributed by atoms with Crippen LogP contribution in [0, 0.1) is 0 Å². The third-order valence-corrected chi connectivity index (χ3v) is 5.95. The number of hydrogen-bond donors (Lipinski definition) is 1. The van der Waals surface area contributed by atoms with Gasteiger partial charge in [0.1, 0.15) is 16.2 Å². The Kier molecular flexibility index (Phi) is 5.35. The van der Waals surface area contributed by atoms with E-state index in [2.05, 4.69) is 28.3 Å². The van der Waals surface area contributed by atoms with Crippen LogP contribution in [0.1, 0.15) is 24.6 Å². The highest BCUT2D eigenvalue weighted by Gasteiger charge is 2.24. The highest BCUT2D eigenvalue weighted by Crippen LogP contribution is 2.31. The van der Waals surface area contributed by atoms with Crippen LogP contribution in [0.5, 0.6) is 0 Å². The summed E-state index contributed by atoms with van der Waals surface area (Å²) >= 11 is 3.06. The second-order valence-corrected chi connectivity index (χ2v) is 7.92. The Hall–Kier alpha value is -1.67. The molecule has 8 heteroatoms. The number of carbonyl (C=O) groups is 2. The zero-order chi connectivity index (χ0) is 17.1. The van der Waals surface area contributed by atoms with Crippen molar-refractivity contribution in [3.63, 3.8) is 0 Å². The van der Waals surface area contributed by atoms with Crippen molar-refractivity contribution in [3.8, 4) is 0 Å². The van der Waals surface area contributed by atoms with E-state index in [1.165, 1.54) is 27.9 Å². The number of fused-ring (bicyclic) bond motifs is 1. The molecule has 0 bridgehead atoms. The molecule has 1 aliphatic carbocycles. The Balaban J connectivity index is 1.57. The van der Waals surface area contributed by atoms with Gasteiger partial charge in [-0.25, -0.2) is 9.97 Å². The molecular weight excluding hydrogens is 344 g/mol. The number of nitrogens with zero attached hydrogens (tertiary/aromatic N) is 3. The molecule has 2 amide bonds. The standard InChI is InChI=1S/C16H20N4O2S2/c1-3-11-6-12-15(17-9-18-16(12)24-11)23-8-14(22)20(2)7-13(21)19-10-4-5-10/h6,9-10H,3-5,7-8H2,1-2H3,(H,19,21). The van der Waals surface area contributed by atoms with E-state index in [0.29, 0.717) is 6.04 Å². The van der Waals surface area contributed by atoms with Gasteiger partial charge in [0.05, 0.1) is 12.3 Å². The maximum atomic E-state index is 12.2. The molecule has 1 aliphatic rings. The maximum Gasteiger partial charge on any atom is 0.239 e. The van der Waals surface area contributed by atoms with E-state index in [-0.39, 0.29) is 24.1 Å². The first-order chi connectivity index (χ1) is 11.6. The summed E-state index contributed by atoms with van der Waals surface area (Å²) in [7, 11) is 1.66. The van der Waals surface area contributed by atoms with Crippen LogP contribution in [0.15, 0.2) is 17.4 Å². The first-order valence-corrected chi connectivity index (χ1v) is 9.76. The first kappa shape index (κ1) is 17.2. The minimum Gasteiger partial charge on any atom is -0.352 e. The molecule has 24 heavy (non-hydrogen) atoms. The lowest BCUT2D eigenvalue weighted by Crippen LogP contribution is -2.39. The van der Waals surface area contributed by atoms with Crippen LogP contribution < -0.4 is 5.32 Å². The molecule has 3 rings (SSSR count). The number of carbonyl (C=O) groups excluding carboxylic acids is 2. The Bertz CT molecular complexity index is 758. The number of thioether (sulfide) groups is 1. The minimum atomic E-state index is -0.0896. The SMILES string of the molecule is CCc1cc2c(SCC(=O)N(C)CC(=O)NC3CC3)ncnc2s1. The number of aromatic nitrogens is 2. The first-order valence-electron chi connectivity index (χ1n) is 7.96. The van der Waals surface area contributed by atoms with E-state index in [4.69, 9.17) is 0 Å². The summed E-state index contributed by atoms with van der Waals surface area (Å²) in [4.78, 5) is 36.3. The van der Waals surface area contributed by atoms with Crippen molar-refractivity contribution in [1.29, 1.82) is 0 Å². The summed E-state index contributed by atoms with van der Waals surface area (Å²) in [5.74, 6) is 0.0910. The van der Waals surface area contributed by atoms with Gasteiger partial charge in [-0.3, -0.25) is 9.59 Å². The van der Waals surface area contributed by atoms with E-state index in [0.717, 1.165) is 34.5 Å². The van der Waals surface area contributed by atoms with Gasteiger partial charge in [-0.15, -0.1) is 11.3 Å². The fraction of sp³-hybridized carbons (Fsp3) is 0.500. The third-order valence-electron chi connectivity index (χ3n) is 3.77. The second kappa shape index (κ2) is 7.48. The van der Waals surface area contributed by atoms with Crippen molar-refractivity contribution < 1.29 is 9.59 Å². The van der Waals surface area contributed by atoms with Gasteiger partial charge in [-0.2, -0.15) is 0 Å². The summed E-state index contributed by atoms with van der Waals surface area (Å²) in [6.45, 7) is 2.21. The third kappa shape index (κ3) is 4.24. The average molecular weight is 364 g/mol. The monoisotopic (exact) mass is 364 g/mol. The normalized spacial score (nSPS) is 13.9. The van der Waals surface area contributed by atoms with Crippen molar-refractivity contribution in [1.82, 2.24) is 20.2 Å². The Labute approximate surface area is 149 Å². The van der Waals surface area contributed by atoms with Crippen LogP contribution >= 0.6 is 23.1 Å². The zero-order valence-electron chi connectivity index (χ0n) is 13.7. The van der Waals surface area contributed by atoms with E-state index in [1.807, 2.05) is 0 Å². The molecule has 0 atom stereocenters. The van der Waals surface area contributed by atoms with E-state index in [9.17, 15) is 9.59 Å². The molecule has 0 saturated heterocycles. The molecule has 0 radical (unpaired) electrons. The van der Waals surface area contributed by atoms with Gasteiger partial charge in [0.2, 0.25) is 11.8 Å². The molecule has 0 unspecified atom stereocenters. The van der Waals surface area contributed by atoms with E-state index < -0.39 is 0 Å². The van der Waals surface area contributed by atoms with Gasteiger partial charge >= 0.3 is 0 Å². The van der Waals surface area contributed by atoms with Crippen molar-refractivity contribution in [2.75, 3.05) is 19.3 Å². The topological polar surface area (TPSA) is 75.2 Å². The van der Waals surface area contributed by atoms with Gasteiger partial charge in [0.25, 0.3) is 0 Å². The van der Waals surface area contributed by atoms with Crippen molar-refractivity contribution in [3.05, 3.63) is 17.3 Å². The molecule has 6 nitrogen and oxygen atoms in total. The molecule has 0 aromatic carbocycles. The molecule has 0 spiro atoms. The molecule has 1 N–H and O–H groups in total. The van der Waals surface area contributed by atoms with Crippen LogP contribution in [0.3, 0.4) is 0 Å². The van der Waals surface area contributed by atoms with Crippen molar-refractivity contribution in [2.24, 2.45) is 0 Å². The van der Waals surface area contributed by atoms with Crippen LogP contribution in [-0.4, -0.2) is 52.1 Å². The number of aryl methyl sites for hydroxylation is 1. The smallest absolute Gasteiger partial charge is 0.239 e. The van der Waals surface area contributed by atoms with Gasteiger partial charge in [0.15, 0.2) is 0 Å². The molecule has 2 aromatic rings. The minimum absolute atomic E-state index is 0.0800. The summed E-state index contributed by atoms with van der Waals surface area (Å²) in [5, 5.41) is 4.71. The zero-order valence-corrected chi connectivity index (χ0v) is 15.4. The van der Waals surface area contributed by atoms with Crippen LogP contribution in [-0.2, 0) is 16.0 Å². The number of thiophene rings is 1. The number of likely N-dealkylation sites (N-methyl/N-ethyl adjacent to an activating group) is 1. The van der Waals surface area contributed by atoms with Crippen LogP contribution in [0.4, 0.5) is 0 Å². The summed E-state index contributed by atoms with van der Waals surface area (Å²) in [5.41, 5.74) is 0. The maximum absolute atomic E-state index is 12.2.